The van der Waals surface area contributed by atoms with Crippen LogP contribution in [0.25, 0.3) is 0 Å². The van der Waals surface area contributed by atoms with Gasteiger partial charge in [0.25, 0.3) is 0 Å². The second-order valence-corrected chi connectivity index (χ2v) is 8.72. The second kappa shape index (κ2) is 7.17. The maximum atomic E-state index is 13.0. The number of benzene rings is 1. The van der Waals surface area contributed by atoms with Gasteiger partial charge in [-0.1, -0.05) is 30.3 Å². The average Bonchev–Trinajstić information content (AvgIpc) is 3.44. The molecule has 0 N–H and O–H groups in total. The standard InChI is InChI=1S/C22H23N3O2S/c26-18-13-23-21(15-7-2-1-3-8-15)20-16-9-6-10-17(16)28-22(20)25(18)14-19(27)24-11-4-5-12-24/h1-3,7-8H,4-6,9-14H2. The highest BCUT2D eigenvalue weighted by atomic mass is 32.1. The Morgan fingerprint density at radius 3 is 2.64 bits per heavy atom. The fourth-order valence-corrected chi connectivity index (χ4v) is 5.85. The van der Waals surface area contributed by atoms with E-state index in [9.17, 15) is 9.59 Å². The SMILES string of the molecule is O=C(CN1C(=O)CN=C(c2ccccc2)c2c1sc1c2CCC1)N1CCCC1. The molecular weight excluding hydrogens is 370 g/mol. The first-order valence-electron chi connectivity index (χ1n) is 10.1. The number of hydrogen-bond acceptors (Lipinski definition) is 4. The third kappa shape index (κ3) is 2.96. The zero-order valence-electron chi connectivity index (χ0n) is 15.8. The molecule has 5 nitrogen and oxygen atoms in total. The van der Waals surface area contributed by atoms with Crippen LogP contribution in [0.3, 0.4) is 0 Å². The lowest BCUT2D eigenvalue weighted by atomic mass is 9.99. The first-order chi connectivity index (χ1) is 13.7. The highest BCUT2D eigenvalue weighted by Crippen LogP contribution is 2.43. The van der Waals surface area contributed by atoms with E-state index >= 15 is 0 Å². The lowest BCUT2D eigenvalue weighted by molar-refractivity contribution is -0.130. The minimum Gasteiger partial charge on any atom is -0.341 e. The first-order valence-corrected chi connectivity index (χ1v) is 10.9. The third-order valence-corrected chi connectivity index (χ3v) is 7.17. The van der Waals surface area contributed by atoms with Crippen LogP contribution < -0.4 is 4.90 Å². The van der Waals surface area contributed by atoms with Crippen LogP contribution in [-0.2, 0) is 22.4 Å². The summed E-state index contributed by atoms with van der Waals surface area (Å²) in [6.07, 6.45) is 5.34. The van der Waals surface area contributed by atoms with Crippen molar-refractivity contribution in [2.24, 2.45) is 4.99 Å². The van der Waals surface area contributed by atoms with Crippen LogP contribution in [0.15, 0.2) is 35.3 Å². The molecule has 2 aliphatic heterocycles. The molecule has 6 heteroatoms. The number of likely N-dealkylation sites (tertiary alicyclic amines) is 1. The highest BCUT2D eigenvalue weighted by molar-refractivity contribution is 7.17. The van der Waals surface area contributed by atoms with Gasteiger partial charge in [0.05, 0.1) is 5.71 Å². The van der Waals surface area contributed by atoms with Crippen LogP contribution in [0.4, 0.5) is 5.00 Å². The summed E-state index contributed by atoms with van der Waals surface area (Å²) < 4.78 is 0. The van der Waals surface area contributed by atoms with E-state index in [0.29, 0.717) is 0 Å². The molecular formula is C22H23N3O2S. The van der Waals surface area contributed by atoms with Gasteiger partial charge in [0.15, 0.2) is 0 Å². The van der Waals surface area contributed by atoms with E-state index in [1.54, 1.807) is 16.2 Å². The number of amides is 2. The number of fused-ring (bicyclic) bond motifs is 3. The van der Waals surface area contributed by atoms with Crippen LogP contribution in [0.2, 0.25) is 0 Å². The van der Waals surface area contributed by atoms with E-state index in [4.69, 9.17) is 4.99 Å². The van der Waals surface area contributed by atoms with E-state index in [1.807, 2.05) is 23.1 Å². The Bertz CT molecular complexity index is 958. The maximum absolute atomic E-state index is 13.0. The molecule has 1 fully saturated rings. The molecule has 5 rings (SSSR count). The maximum Gasteiger partial charge on any atom is 0.249 e. The average molecular weight is 394 g/mol. The molecule has 0 atom stereocenters. The summed E-state index contributed by atoms with van der Waals surface area (Å²) in [6, 6.07) is 10.1. The van der Waals surface area contributed by atoms with Crippen molar-refractivity contribution in [2.75, 3.05) is 31.1 Å². The molecule has 1 aliphatic carbocycles. The summed E-state index contributed by atoms with van der Waals surface area (Å²) in [5.41, 5.74) is 4.36. The molecule has 2 aromatic rings. The van der Waals surface area contributed by atoms with Gasteiger partial charge in [0.2, 0.25) is 11.8 Å². The number of aryl methyl sites for hydroxylation is 1. The Morgan fingerprint density at radius 2 is 1.86 bits per heavy atom. The summed E-state index contributed by atoms with van der Waals surface area (Å²) >= 11 is 1.69. The zero-order valence-corrected chi connectivity index (χ0v) is 16.6. The number of carbonyl (C=O) groups excluding carboxylic acids is 2. The number of carbonyl (C=O) groups is 2. The van der Waals surface area contributed by atoms with Crippen LogP contribution in [0, 0.1) is 0 Å². The Kier molecular flexibility index (Phi) is 4.51. The molecule has 2 amide bonds. The minimum absolute atomic E-state index is 0.0496. The van der Waals surface area contributed by atoms with Gasteiger partial charge < -0.3 is 4.90 Å². The Balaban J connectivity index is 1.57. The smallest absolute Gasteiger partial charge is 0.249 e. The molecule has 28 heavy (non-hydrogen) atoms. The van der Waals surface area contributed by atoms with Gasteiger partial charge in [-0.15, -0.1) is 11.3 Å². The quantitative estimate of drug-likeness (QED) is 0.805. The molecule has 0 spiro atoms. The van der Waals surface area contributed by atoms with Crippen LogP contribution >= 0.6 is 11.3 Å². The molecule has 0 unspecified atom stereocenters. The number of aliphatic imine (C=N–C) groups is 1. The first kappa shape index (κ1) is 17.6. The van der Waals surface area contributed by atoms with Crippen LogP contribution in [0.1, 0.15) is 40.8 Å². The molecule has 0 radical (unpaired) electrons. The van der Waals surface area contributed by atoms with E-state index in [-0.39, 0.29) is 24.9 Å². The van der Waals surface area contributed by atoms with E-state index in [1.165, 1.54) is 10.4 Å². The predicted octanol–water partition coefficient (Wildman–Crippen LogP) is 3.04. The van der Waals surface area contributed by atoms with E-state index in [2.05, 4.69) is 12.1 Å². The van der Waals surface area contributed by atoms with Crippen molar-refractivity contribution in [1.82, 2.24) is 4.90 Å². The van der Waals surface area contributed by atoms with Crippen LogP contribution in [-0.4, -0.2) is 48.6 Å². The van der Waals surface area contributed by atoms with Gasteiger partial charge in [-0.25, -0.2) is 0 Å². The van der Waals surface area contributed by atoms with E-state index < -0.39 is 0 Å². The van der Waals surface area contributed by atoms with Crippen molar-refractivity contribution >= 4 is 33.9 Å². The number of hydrogen-bond donors (Lipinski definition) is 0. The molecule has 1 aromatic heterocycles. The van der Waals surface area contributed by atoms with Crippen LogP contribution in [0.5, 0.6) is 0 Å². The van der Waals surface area contributed by atoms with Crippen molar-refractivity contribution in [1.29, 1.82) is 0 Å². The molecule has 0 bridgehead atoms. The summed E-state index contributed by atoms with van der Waals surface area (Å²) in [7, 11) is 0. The Hall–Kier alpha value is -2.47. The summed E-state index contributed by atoms with van der Waals surface area (Å²) in [4.78, 5) is 35.5. The third-order valence-electron chi connectivity index (χ3n) is 5.86. The minimum atomic E-state index is -0.0837. The lowest BCUT2D eigenvalue weighted by Gasteiger charge is -2.23. The Morgan fingerprint density at radius 1 is 1.07 bits per heavy atom. The molecule has 144 valence electrons. The van der Waals surface area contributed by atoms with Gasteiger partial charge >= 0.3 is 0 Å². The number of rotatable bonds is 3. The van der Waals surface area contributed by atoms with Gasteiger partial charge in [-0.2, -0.15) is 0 Å². The molecule has 1 saturated heterocycles. The van der Waals surface area contributed by atoms with E-state index in [0.717, 1.165) is 67.0 Å². The summed E-state index contributed by atoms with van der Waals surface area (Å²) in [6.45, 7) is 1.83. The molecule has 1 aromatic carbocycles. The van der Waals surface area contributed by atoms with Crippen molar-refractivity contribution in [2.45, 2.75) is 32.1 Å². The molecule has 3 aliphatic rings. The predicted molar refractivity (Wildman–Crippen MR) is 111 cm³/mol. The highest BCUT2D eigenvalue weighted by Gasteiger charge is 2.34. The lowest BCUT2D eigenvalue weighted by Crippen LogP contribution is -2.42. The second-order valence-electron chi connectivity index (χ2n) is 7.64. The van der Waals surface area contributed by atoms with Crippen molar-refractivity contribution < 1.29 is 9.59 Å². The fourth-order valence-electron chi connectivity index (χ4n) is 4.44. The molecule has 0 saturated carbocycles. The largest absolute Gasteiger partial charge is 0.341 e. The van der Waals surface area contributed by atoms with Crippen molar-refractivity contribution in [3.63, 3.8) is 0 Å². The number of thiophene rings is 1. The number of nitrogens with zero attached hydrogens (tertiary/aromatic N) is 3. The summed E-state index contributed by atoms with van der Waals surface area (Å²) in [5, 5.41) is 0.919. The van der Waals surface area contributed by atoms with Crippen molar-refractivity contribution in [3.8, 4) is 0 Å². The molecule has 3 heterocycles. The van der Waals surface area contributed by atoms with Gasteiger partial charge in [0, 0.05) is 29.1 Å². The normalized spacial score (nSPS) is 18.7. The monoisotopic (exact) mass is 393 g/mol. The van der Waals surface area contributed by atoms with Crippen molar-refractivity contribution in [3.05, 3.63) is 51.9 Å². The topological polar surface area (TPSA) is 53.0 Å². The fraction of sp³-hybridized carbons (Fsp3) is 0.409. The summed E-state index contributed by atoms with van der Waals surface area (Å²) in [5.74, 6) is -0.0341. The number of anilines is 1. The van der Waals surface area contributed by atoms with Gasteiger partial charge in [-0.3, -0.25) is 19.5 Å². The zero-order chi connectivity index (χ0) is 19.1. The van der Waals surface area contributed by atoms with Gasteiger partial charge in [-0.05, 0) is 37.7 Å². The Labute approximate surface area is 168 Å². The van der Waals surface area contributed by atoms with Gasteiger partial charge in [0.1, 0.15) is 18.1 Å².